The van der Waals surface area contributed by atoms with Crippen molar-refractivity contribution in [3.63, 3.8) is 0 Å². The van der Waals surface area contributed by atoms with Crippen molar-refractivity contribution >= 4 is 0 Å². The fourth-order valence-corrected chi connectivity index (χ4v) is 2.70. The molecule has 0 saturated heterocycles. The zero-order chi connectivity index (χ0) is 15.3. The van der Waals surface area contributed by atoms with Crippen molar-refractivity contribution < 1.29 is 0 Å². The molecule has 0 spiro atoms. The quantitative estimate of drug-likeness (QED) is 0.534. The summed E-state index contributed by atoms with van der Waals surface area (Å²) in [5.41, 5.74) is 2.54. The Morgan fingerprint density at radius 2 is 1.62 bits per heavy atom. The molecule has 0 aliphatic carbocycles. The lowest BCUT2D eigenvalue weighted by Gasteiger charge is -2.06. The van der Waals surface area contributed by atoms with Crippen LogP contribution < -0.4 is 5.32 Å². The minimum absolute atomic E-state index is 0.956. The van der Waals surface area contributed by atoms with Crippen LogP contribution in [-0.2, 0) is 19.5 Å². The van der Waals surface area contributed by atoms with Crippen molar-refractivity contribution in [2.24, 2.45) is 0 Å². The molecule has 1 heterocycles. The van der Waals surface area contributed by atoms with E-state index in [9.17, 15) is 0 Å². The Kier molecular flexibility index (Phi) is 10.2. The van der Waals surface area contributed by atoms with Gasteiger partial charge in [-0.25, -0.2) is 0 Å². The number of hydrogen-bond donors (Lipinski definition) is 1. The summed E-state index contributed by atoms with van der Waals surface area (Å²) < 4.78 is 2.12. The summed E-state index contributed by atoms with van der Waals surface area (Å²) >= 11 is 0. The maximum atomic E-state index is 4.59. The number of aryl methyl sites for hydroxylation is 2. The molecule has 3 nitrogen and oxygen atoms in total. The first-order valence-electron chi connectivity index (χ1n) is 9.08. The van der Waals surface area contributed by atoms with Gasteiger partial charge in [-0.2, -0.15) is 5.10 Å². The third-order valence-corrected chi connectivity index (χ3v) is 4.09. The number of nitrogens with one attached hydrogen (secondary N) is 1. The molecule has 1 aromatic rings. The van der Waals surface area contributed by atoms with E-state index in [0.29, 0.717) is 0 Å². The summed E-state index contributed by atoms with van der Waals surface area (Å²) in [6, 6.07) is 2.24. The molecule has 3 heteroatoms. The molecule has 0 amide bonds. The van der Waals surface area contributed by atoms with Crippen molar-refractivity contribution in [2.75, 3.05) is 6.54 Å². The summed E-state index contributed by atoms with van der Waals surface area (Å²) in [4.78, 5) is 0. The molecule has 0 aromatic carbocycles. The number of rotatable bonds is 13. The van der Waals surface area contributed by atoms with Crippen molar-refractivity contribution in [1.29, 1.82) is 0 Å². The van der Waals surface area contributed by atoms with Gasteiger partial charge in [-0.1, -0.05) is 58.8 Å². The highest BCUT2D eigenvalue weighted by atomic mass is 15.3. The number of nitrogens with zero attached hydrogens (tertiary/aromatic N) is 2. The molecule has 122 valence electrons. The smallest absolute Gasteiger partial charge is 0.0625 e. The van der Waals surface area contributed by atoms with Crippen molar-refractivity contribution in [3.05, 3.63) is 17.5 Å². The van der Waals surface area contributed by atoms with Crippen molar-refractivity contribution in [1.82, 2.24) is 15.1 Å². The lowest BCUT2D eigenvalue weighted by molar-refractivity contribution is 0.539. The van der Waals surface area contributed by atoms with Crippen LogP contribution >= 0.6 is 0 Å². The van der Waals surface area contributed by atoms with Gasteiger partial charge in [0, 0.05) is 13.1 Å². The highest BCUT2D eigenvalue weighted by Gasteiger charge is 2.04. The van der Waals surface area contributed by atoms with Crippen LogP contribution in [0.1, 0.15) is 83.5 Å². The van der Waals surface area contributed by atoms with Crippen LogP contribution in [0.2, 0.25) is 0 Å². The molecule has 0 fully saturated rings. The average molecular weight is 293 g/mol. The molecule has 0 aliphatic heterocycles. The van der Waals surface area contributed by atoms with E-state index in [-0.39, 0.29) is 0 Å². The molecule has 0 aliphatic rings. The van der Waals surface area contributed by atoms with Gasteiger partial charge in [0.15, 0.2) is 0 Å². The van der Waals surface area contributed by atoms with Crippen LogP contribution in [0.4, 0.5) is 0 Å². The Morgan fingerprint density at radius 3 is 2.24 bits per heavy atom. The molecule has 0 atom stereocenters. The van der Waals surface area contributed by atoms with Crippen molar-refractivity contribution in [2.45, 2.75) is 91.6 Å². The predicted octanol–water partition coefficient (Wildman–Crippen LogP) is 4.70. The van der Waals surface area contributed by atoms with Gasteiger partial charge in [0.2, 0.25) is 0 Å². The fraction of sp³-hybridized carbons (Fsp3) is 0.833. The molecule has 0 bridgehead atoms. The summed E-state index contributed by atoms with van der Waals surface area (Å²) in [6.45, 7) is 9.66. The Morgan fingerprint density at radius 1 is 0.952 bits per heavy atom. The largest absolute Gasteiger partial charge is 0.311 e. The molecule has 0 radical (unpaired) electrons. The van der Waals surface area contributed by atoms with Gasteiger partial charge in [-0.15, -0.1) is 0 Å². The maximum Gasteiger partial charge on any atom is 0.0625 e. The first kappa shape index (κ1) is 18.2. The minimum atomic E-state index is 0.956. The molecule has 21 heavy (non-hydrogen) atoms. The number of hydrogen-bond acceptors (Lipinski definition) is 2. The SMILES string of the molecule is CCCCCCCCCCNCc1cc(CC)nn1CC. The van der Waals surface area contributed by atoms with Crippen LogP contribution in [0.25, 0.3) is 0 Å². The molecule has 0 unspecified atom stereocenters. The van der Waals surface area contributed by atoms with Gasteiger partial charge in [0.25, 0.3) is 0 Å². The first-order valence-corrected chi connectivity index (χ1v) is 9.08. The average Bonchev–Trinajstić information content (AvgIpc) is 2.91. The highest BCUT2D eigenvalue weighted by Crippen LogP contribution is 2.08. The Bertz CT molecular complexity index is 357. The molecule has 0 saturated carbocycles. The van der Waals surface area contributed by atoms with E-state index in [1.54, 1.807) is 0 Å². The first-order chi connectivity index (χ1) is 10.3. The highest BCUT2D eigenvalue weighted by molar-refractivity contribution is 5.10. The van der Waals surface area contributed by atoms with E-state index < -0.39 is 0 Å². The van der Waals surface area contributed by atoms with Gasteiger partial charge in [-0.05, 0) is 32.4 Å². The van der Waals surface area contributed by atoms with Crippen LogP contribution in [0.5, 0.6) is 0 Å². The molecule has 1 rings (SSSR count). The Hall–Kier alpha value is -0.830. The maximum absolute atomic E-state index is 4.59. The number of aromatic nitrogens is 2. The fourth-order valence-electron chi connectivity index (χ4n) is 2.70. The molecular formula is C18H35N3. The van der Waals surface area contributed by atoms with Gasteiger partial charge in [-0.3, -0.25) is 4.68 Å². The summed E-state index contributed by atoms with van der Waals surface area (Å²) in [6.07, 6.45) is 12.1. The zero-order valence-electron chi connectivity index (χ0n) is 14.5. The van der Waals surface area contributed by atoms with Gasteiger partial charge < -0.3 is 5.32 Å². The van der Waals surface area contributed by atoms with E-state index in [4.69, 9.17) is 0 Å². The minimum Gasteiger partial charge on any atom is -0.311 e. The molecule has 1 N–H and O–H groups in total. The second kappa shape index (κ2) is 11.8. The lowest BCUT2D eigenvalue weighted by Crippen LogP contribution is -2.17. The topological polar surface area (TPSA) is 29.9 Å². The summed E-state index contributed by atoms with van der Waals surface area (Å²) in [7, 11) is 0. The molecular weight excluding hydrogens is 258 g/mol. The Labute approximate surface area is 131 Å². The standard InChI is InChI=1S/C18H35N3/c1-4-7-8-9-10-11-12-13-14-19-16-18-15-17(5-2)20-21(18)6-3/h15,19H,4-14,16H2,1-3H3. The normalized spacial score (nSPS) is 11.2. The third kappa shape index (κ3) is 7.66. The third-order valence-electron chi connectivity index (χ3n) is 4.09. The van der Waals surface area contributed by atoms with Gasteiger partial charge in [0.1, 0.15) is 0 Å². The van der Waals surface area contributed by atoms with Crippen LogP contribution in [0.3, 0.4) is 0 Å². The van der Waals surface area contributed by atoms with Crippen LogP contribution in [0, 0.1) is 0 Å². The lowest BCUT2D eigenvalue weighted by atomic mass is 10.1. The van der Waals surface area contributed by atoms with E-state index >= 15 is 0 Å². The van der Waals surface area contributed by atoms with E-state index in [0.717, 1.165) is 26.1 Å². The van der Waals surface area contributed by atoms with Gasteiger partial charge in [0.05, 0.1) is 11.4 Å². The number of unbranched alkanes of at least 4 members (excludes halogenated alkanes) is 7. The molecule has 1 aromatic heterocycles. The van der Waals surface area contributed by atoms with Crippen LogP contribution in [-0.4, -0.2) is 16.3 Å². The van der Waals surface area contributed by atoms with E-state index in [1.165, 1.54) is 62.8 Å². The summed E-state index contributed by atoms with van der Waals surface area (Å²) in [5.74, 6) is 0. The Balaban J connectivity index is 2.02. The van der Waals surface area contributed by atoms with Crippen LogP contribution in [0.15, 0.2) is 6.07 Å². The second-order valence-corrected chi connectivity index (χ2v) is 5.95. The van der Waals surface area contributed by atoms with E-state index in [2.05, 4.69) is 41.9 Å². The zero-order valence-corrected chi connectivity index (χ0v) is 14.5. The second-order valence-electron chi connectivity index (χ2n) is 5.95. The summed E-state index contributed by atoms with van der Waals surface area (Å²) in [5, 5.41) is 8.15. The van der Waals surface area contributed by atoms with Crippen molar-refractivity contribution in [3.8, 4) is 0 Å². The predicted molar refractivity (Wildman–Crippen MR) is 91.6 cm³/mol. The van der Waals surface area contributed by atoms with E-state index in [1.807, 2.05) is 0 Å². The monoisotopic (exact) mass is 293 g/mol. The van der Waals surface area contributed by atoms with Gasteiger partial charge >= 0.3 is 0 Å².